The van der Waals surface area contributed by atoms with Crippen molar-refractivity contribution in [3.05, 3.63) is 30.1 Å². The van der Waals surface area contributed by atoms with Crippen LogP contribution >= 0.6 is 0 Å². The van der Waals surface area contributed by atoms with Crippen molar-refractivity contribution in [2.75, 3.05) is 16.8 Å². The van der Waals surface area contributed by atoms with Gasteiger partial charge in [-0.05, 0) is 64.8 Å². The zero-order chi connectivity index (χ0) is 21.2. The first-order valence-electron chi connectivity index (χ1n) is 9.10. The molecule has 0 saturated carbocycles. The molecule has 28 heavy (non-hydrogen) atoms. The molecule has 0 aromatic heterocycles. The Morgan fingerprint density at radius 1 is 1.04 bits per heavy atom. The summed E-state index contributed by atoms with van der Waals surface area (Å²) in [5, 5.41) is 8.65. The fourth-order valence-electron chi connectivity index (χ4n) is 3.87. The molecule has 1 heterocycles. The lowest BCUT2D eigenvalue weighted by atomic mass is 9.79. The minimum Gasteiger partial charge on any atom is -0.352 e. The molecule has 0 atom stereocenters. The Morgan fingerprint density at radius 2 is 1.54 bits per heavy atom. The molecule has 1 aromatic carbocycles. The van der Waals surface area contributed by atoms with Gasteiger partial charge >= 0.3 is 0 Å². The molecule has 0 radical (unpaired) electrons. The number of carbonyl (C=O) groups is 2. The van der Waals surface area contributed by atoms with Gasteiger partial charge in [-0.1, -0.05) is 0 Å². The normalized spacial score (nSPS) is 19.0. The summed E-state index contributed by atoms with van der Waals surface area (Å²) >= 11 is 0. The summed E-state index contributed by atoms with van der Waals surface area (Å²) in [7, 11) is -3.93. The third kappa shape index (κ3) is 7.20. The minimum absolute atomic E-state index is 0.151. The molecule has 156 valence electrons. The molecule has 1 aliphatic rings. The first kappa shape index (κ1) is 22.3. The molecule has 0 spiro atoms. The average Bonchev–Trinajstić information content (AvgIpc) is 2.44. The van der Waals surface area contributed by atoms with Gasteiger partial charge in [-0.3, -0.25) is 9.59 Å². The third-order valence-corrected chi connectivity index (χ3v) is 5.79. The first-order chi connectivity index (χ1) is 12.8. The van der Waals surface area contributed by atoms with Gasteiger partial charge in [-0.25, -0.2) is 12.8 Å². The van der Waals surface area contributed by atoms with Crippen LogP contribution in [0.3, 0.4) is 0 Å². The molecule has 1 aliphatic heterocycles. The number of amides is 2. The number of hydrogen-bond acceptors (Lipinski definition) is 5. The van der Waals surface area contributed by atoms with Crippen molar-refractivity contribution in [3.8, 4) is 0 Å². The number of anilines is 1. The smallest absolute Gasteiger partial charge is 0.239 e. The quantitative estimate of drug-likeness (QED) is 0.657. The number of piperidine rings is 1. The van der Waals surface area contributed by atoms with Crippen molar-refractivity contribution >= 4 is 27.3 Å². The van der Waals surface area contributed by atoms with E-state index in [1.54, 1.807) is 0 Å². The fraction of sp³-hybridized carbons (Fsp3) is 0.579. The maximum atomic E-state index is 12.9. The monoisotopic (exact) mass is 413 g/mol. The Balaban J connectivity index is 1.89. The molecule has 2 amide bonds. The van der Waals surface area contributed by atoms with Crippen LogP contribution in [0.4, 0.5) is 10.1 Å². The van der Waals surface area contributed by atoms with Crippen molar-refractivity contribution in [2.24, 2.45) is 0 Å². The van der Waals surface area contributed by atoms with Gasteiger partial charge in [0.2, 0.25) is 11.8 Å². The van der Waals surface area contributed by atoms with E-state index in [1.165, 1.54) is 12.1 Å². The number of carbonyl (C=O) groups excluding carboxylic acids is 2. The number of benzene rings is 1. The maximum Gasteiger partial charge on any atom is 0.239 e. The SMILES string of the molecule is CC1(C)CC(NC(=O)CS(=O)(=O)CC(=O)Nc2ccc(F)cc2)CC(C)(C)N1. The van der Waals surface area contributed by atoms with E-state index < -0.39 is 39.0 Å². The van der Waals surface area contributed by atoms with Crippen LogP contribution in [-0.4, -0.2) is 48.9 Å². The Hall–Kier alpha value is -2.00. The summed E-state index contributed by atoms with van der Waals surface area (Å²) < 4.78 is 37.3. The van der Waals surface area contributed by atoms with Crippen LogP contribution in [0.15, 0.2) is 24.3 Å². The van der Waals surface area contributed by atoms with Gasteiger partial charge in [0.25, 0.3) is 0 Å². The van der Waals surface area contributed by atoms with Crippen LogP contribution in [0.5, 0.6) is 0 Å². The Kier molecular flexibility index (Phi) is 6.50. The summed E-state index contributed by atoms with van der Waals surface area (Å²) in [4.78, 5) is 24.2. The lowest BCUT2D eigenvalue weighted by Gasteiger charge is -2.46. The summed E-state index contributed by atoms with van der Waals surface area (Å²) in [6.45, 7) is 8.13. The molecule has 0 unspecified atom stereocenters. The van der Waals surface area contributed by atoms with E-state index in [4.69, 9.17) is 0 Å². The van der Waals surface area contributed by atoms with Gasteiger partial charge in [0, 0.05) is 22.8 Å². The molecule has 0 bridgehead atoms. The molecule has 7 nitrogen and oxygen atoms in total. The standard InChI is InChI=1S/C19H28FN3O4S/c1-18(2)9-15(10-19(3,4)23-18)22-17(25)12-28(26,27)11-16(24)21-14-7-5-13(20)6-8-14/h5-8,15,23H,9-12H2,1-4H3,(H,21,24)(H,22,25). The Bertz CT molecular complexity index is 819. The lowest BCUT2D eigenvalue weighted by Crippen LogP contribution is -2.62. The molecule has 2 rings (SSSR count). The highest BCUT2D eigenvalue weighted by atomic mass is 32.2. The van der Waals surface area contributed by atoms with Crippen molar-refractivity contribution in [1.82, 2.24) is 10.6 Å². The highest BCUT2D eigenvalue weighted by molar-refractivity contribution is 7.92. The topological polar surface area (TPSA) is 104 Å². The van der Waals surface area contributed by atoms with E-state index in [0.29, 0.717) is 12.8 Å². The maximum absolute atomic E-state index is 12.9. The molecular weight excluding hydrogens is 385 g/mol. The van der Waals surface area contributed by atoms with Crippen LogP contribution in [0.25, 0.3) is 0 Å². The van der Waals surface area contributed by atoms with Gasteiger partial charge in [0.15, 0.2) is 9.84 Å². The zero-order valence-electron chi connectivity index (χ0n) is 16.6. The van der Waals surface area contributed by atoms with Gasteiger partial charge in [0.1, 0.15) is 17.3 Å². The van der Waals surface area contributed by atoms with Crippen molar-refractivity contribution in [2.45, 2.75) is 57.7 Å². The molecular formula is C19H28FN3O4S. The second-order valence-corrected chi connectivity index (χ2v) is 10.7. The summed E-state index contributed by atoms with van der Waals surface area (Å²) in [6, 6.07) is 4.81. The molecule has 9 heteroatoms. The Labute approximate surface area is 165 Å². The van der Waals surface area contributed by atoms with Crippen molar-refractivity contribution < 1.29 is 22.4 Å². The van der Waals surface area contributed by atoms with E-state index in [9.17, 15) is 22.4 Å². The predicted molar refractivity (Wildman–Crippen MR) is 106 cm³/mol. The van der Waals surface area contributed by atoms with Crippen LogP contribution < -0.4 is 16.0 Å². The second-order valence-electron chi connectivity index (χ2n) is 8.65. The Morgan fingerprint density at radius 3 is 2.07 bits per heavy atom. The predicted octanol–water partition coefficient (Wildman–Crippen LogP) is 1.60. The van der Waals surface area contributed by atoms with E-state index >= 15 is 0 Å². The number of hydrogen-bond donors (Lipinski definition) is 3. The number of nitrogens with one attached hydrogen (secondary N) is 3. The highest BCUT2D eigenvalue weighted by Gasteiger charge is 2.38. The number of rotatable bonds is 6. The van der Waals surface area contributed by atoms with Gasteiger partial charge in [-0.15, -0.1) is 0 Å². The fourth-order valence-corrected chi connectivity index (χ4v) is 4.93. The number of sulfone groups is 1. The molecule has 0 aliphatic carbocycles. The highest BCUT2D eigenvalue weighted by Crippen LogP contribution is 2.28. The van der Waals surface area contributed by atoms with E-state index in [0.717, 1.165) is 12.1 Å². The van der Waals surface area contributed by atoms with Gasteiger partial charge < -0.3 is 16.0 Å². The molecule has 1 fully saturated rings. The van der Waals surface area contributed by atoms with E-state index in [2.05, 4.69) is 16.0 Å². The van der Waals surface area contributed by atoms with E-state index in [1.807, 2.05) is 27.7 Å². The molecule has 3 N–H and O–H groups in total. The van der Waals surface area contributed by atoms with Crippen LogP contribution in [0, 0.1) is 5.82 Å². The van der Waals surface area contributed by atoms with Gasteiger partial charge in [-0.2, -0.15) is 0 Å². The van der Waals surface area contributed by atoms with Gasteiger partial charge in [0.05, 0.1) is 0 Å². The summed E-state index contributed by atoms with van der Waals surface area (Å²) in [6.07, 6.45) is 1.35. The summed E-state index contributed by atoms with van der Waals surface area (Å²) in [5.74, 6) is -3.43. The molecule has 1 saturated heterocycles. The average molecular weight is 414 g/mol. The van der Waals surface area contributed by atoms with Crippen LogP contribution in [0.2, 0.25) is 0 Å². The number of halogens is 1. The first-order valence-corrected chi connectivity index (χ1v) is 10.9. The lowest BCUT2D eigenvalue weighted by molar-refractivity contribution is -0.119. The largest absolute Gasteiger partial charge is 0.352 e. The second kappa shape index (κ2) is 8.16. The van der Waals surface area contributed by atoms with Crippen LogP contribution in [0.1, 0.15) is 40.5 Å². The zero-order valence-corrected chi connectivity index (χ0v) is 17.5. The summed E-state index contributed by atoms with van der Waals surface area (Å²) in [5.41, 5.74) is -0.0912. The minimum atomic E-state index is -3.93. The molecule has 1 aromatic rings. The van der Waals surface area contributed by atoms with E-state index in [-0.39, 0.29) is 22.8 Å². The third-order valence-electron chi connectivity index (χ3n) is 4.39. The van der Waals surface area contributed by atoms with Crippen molar-refractivity contribution in [3.63, 3.8) is 0 Å². The van der Waals surface area contributed by atoms with Crippen molar-refractivity contribution in [1.29, 1.82) is 0 Å². The van der Waals surface area contributed by atoms with Crippen LogP contribution in [-0.2, 0) is 19.4 Å².